The second-order valence-corrected chi connectivity index (χ2v) is 6.63. The number of aromatic hydroxyl groups is 2. The van der Waals surface area contributed by atoms with Crippen LogP contribution < -0.4 is 11.1 Å². The molecule has 9 nitrogen and oxygen atoms in total. The fourth-order valence-electron chi connectivity index (χ4n) is 1.99. The van der Waals surface area contributed by atoms with Gasteiger partial charge in [0.15, 0.2) is 11.5 Å². The average Bonchev–Trinajstić information content (AvgIpc) is 2.55. The predicted molar refractivity (Wildman–Crippen MR) is 94.3 cm³/mol. The number of thioether (sulfide) groups is 1. The molecular formula is C16H22N2O7S. The maximum Gasteiger partial charge on any atom is 0.321 e. The molecule has 1 aromatic carbocycles. The number of phenolic OH excluding ortho intramolecular Hbond substituents is 2. The summed E-state index contributed by atoms with van der Waals surface area (Å²) in [4.78, 5) is 33.0. The summed E-state index contributed by atoms with van der Waals surface area (Å²) in [6.45, 7) is 0.273. The molecule has 0 saturated heterocycles. The number of nitrogens with one attached hydrogen (secondary N) is 1. The minimum atomic E-state index is -1.16. The molecule has 1 unspecified atom stereocenters. The molecule has 0 bridgehead atoms. The highest BCUT2D eigenvalue weighted by atomic mass is 32.2. The van der Waals surface area contributed by atoms with E-state index in [2.05, 4.69) is 5.32 Å². The molecule has 1 amide bonds. The van der Waals surface area contributed by atoms with Crippen LogP contribution in [-0.2, 0) is 20.8 Å². The van der Waals surface area contributed by atoms with Gasteiger partial charge in [0.1, 0.15) is 6.04 Å². The summed E-state index contributed by atoms with van der Waals surface area (Å²) in [6, 6.07) is 1.84. The van der Waals surface area contributed by atoms with Gasteiger partial charge in [-0.1, -0.05) is 0 Å². The van der Waals surface area contributed by atoms with Crippen molar-refractivity contribution in [1.82, 2.24) is 5.32 Å². The van der Waals surface area contributed by atoms with E-state index in [0.717, 1.165) is 11.8 Å². The van der Waals surface area contributed by atoms with E-state index in [9.17, 15) is 24.6 Å². The molecule has 0 aromatic heterocycles. The molecule has 0 spiro atoms. The van der Waals surface area contributed by atoms with Crippen molar-refractivity contribution in [1.29, 1.82) is 0 Å². The van der Waals surface area contributed by atoms with Gasteiger partial charge in [0.2, 0.25) is 5.91 Å². The first-order valence-corrected chi connectivity index (χ1v) is 8.83. The monoisotopic (exact) mass is 386 g/mol. The third-order valence-electron chi connectivity index (χ3n) is 3.38. The largest absolute Gasteiger partial charge is 0.504 e. The zero-order valence-electron chi connectivity index (χ0n) is 14.0. The molecule has 0 saturated carbocycles. The molecule has 1 rings (SSSR count). The van der Waals surface area contributed by atoms with Crippen molar-refractivity contribution in [2.75, 3.05) is 12.3 Å². The second kappa shape index (κ2) is 10.5. The molecule has 0 fully saturated rings. The third-order valence-corrected chi connectivity index (χ3v) is 4.53. The van der Waals surface area contributed by atoms with Crippen LogP contribution in [0.25, 0.3) is 0 Å². The normalized spacial score (nSPS) is 11.7. The summed E-state index contributed by atoms with van der Waals surface area (Å²) in [7, 11) is 0. The Bertz CT molecular complexity index is 666. The number of benzene rings is 1. The highest BCUT2D eigenvalue weighted by molar-refractivity contribution is 7.99. The number of nitrogens with two attached hydrogens (primary N) is 1. The number of phenols is 2. The number of carbonyl (C=O) groups is 3. The summed E-state index contributed by atoms with van der Waals surface area (Å²) in [5.41, 5.74) is 6.05. The van der Waals surface area contributed by atoms with Crippen molar-refractivity contribution < 1.29 is 34.8 Å². The Morgan fingerprint density at radius 2 is 1.85 bits per heavy atom. The third kappa shape index (κ3) is 7.62. The van der Waals surface area contributed by atoms with Crippen LogP contribution in [0.4, 0.5) is 0 Å². The molecule has 0 aliphatic heterocycles. The van der Waals surface area contributed by atoms with Crippen LogP contribution in [-0.4, -0.2) is 56.6 Å². The van der Waals surface area contributed by atoms with Crippen molar-refractivity contribution in [2.24, 2.45) is 5.73 Å². The van der Waals surface area contributed by atoms with Crippen molar-refractivity contribution in [3.05, 3.63) is 17.7 Å². The van der Waals surface area contributed by atoms with Crippen molar-refractivity contribution in [3.63, 3.8) is 0 Å². The van der Waals surface area contributed by atoms with Gasteiger partial charge in [-0.15, -0.1) is 11.8 Å². The molecule has 0 heterocycles. The van der Waals surface area contributed by atoms with Gasteiger partial charge in [-0.2, -0.15) is 0 Å². The first kappa shape index (κ1) is 21.6. The molecule has 0 radical (unpaired) electrons. The van der Waals surface area contributed by atoms with Gasteiger partial charge in [-0.25, -0.2) is 0 Å². The Hall–Kier alpha value is -2.46. The molecular weight excluding hydrogens is 364 g/mol. The quantitative estimate of drug-likeness (QED) is 0.234. The molecule has 1 aromatic rings. The van der Waals surface area contributed by atoms with E-state index in [1.165, 1.54) is 6.07 Å². The molecule has 7 N–H and O–H groups in total. The number of rotatable bonds is 11. The molecule has 0 aliphatic carbocycles. The molecule has 1 atom stereocenters. The molecule has 144 valence electrons. The fourth-order valence-corrected chi connectivity index (χ4v) is 2.97. The van der Waals surface area contributed by atoms with Crippen LogP contribution in [0.1, 0.15) is 24.8 Å². The summed E-state index contributed by atoms with van der Waals surface area (Å²) in [5, 5.41) is 39.6. The maximum atomic E-state index is 11.6. The number of hydrogen-bond acceptors (Lipinski definition) is 7. The standard InChI is InChI=1S/C16H22N2O7S/c17-10(16(24)25)8-26-12-7-9(6-11(19)15(12)23)4-5-18-13(20)2-1-3-14(21)22/h6-7,10,19,23H,1-5,8,17H2,(H,18,20)(H,21,22)(H,24,25). The Morgan fingerprint density at radius 1 is 1.15 bits per heavy atom. The van der Waals surface area contributed by atoms with Crippen LogP contribution in [0, 0.1) is 0 Å². The Kier molecular flexibility index (Phi) is 8.73. The highest BCUT2D eigenvalue weighted by Gasteiger charge is 2.15. The van der Waals surface area contributed by atoms with Crippen molar-refractivity contribution in [2.45, 2.75) is 36.6 Å². The highest BCUT2D eigenvalue weighted by Crippen LogP contribution is 2.37. The molecule has 10 heteroatoms. The number of carboxylic acids is 2. The van der Waals surface area contributed by atoms with Crippen LogP contribution in [0.15, 0.2) is 17.0 Å². The smallest absolute Gasteiger partial charge is 0.321 e. The van der Waals surface area contributed by atoms with E-state index in [1.54, 1.807) is 6.07 Å². The lowest BCUT2D eigenvalue weighted by atomic mass is 10.1. The van der Waals surface area contributed by atoms with E-state index in [1.807, 2.05) is 0 Å². The van der Waals surface area contributed by atoms with Crippen LogP contribution >= 0.6 is 11.8 Å². The maximum absolute atomic E-state index is 11.6. The summed E-state index contributed by atoms with van der Waals surface area (Å²) in [6.07, 6.45) is 0.669. The lowest BCUT2D eigenvalue weighted by molar-refractivity contribution is -0.138. The van der Waals surface area contributed by atoms with E-state index >= 15 is 0 Å². The summed E-state index contributed by atoms with van der Waals surface area (Å²) >= 11 is 1.01. The zero-order valence-corrected chi connectivity index (χ0v) is 14.8. The molecule has 26 heavy (non-hydrogen) atoms. The number of amides is 1. The predicted octanol–water partition coefficient (Wildman–Crippen LogP) is 0.515. The van der Waals surface area contributed by atoms with Gasteiger partial charge in [-0.05, 0) is 30.5 Å². The zero-order chi connectivity index (χ0) is 19.7. The van der Waals surface area contributed by atoms with E-state index in [0.29, 0.717) is 16.9 Å². The van der Waals surface area contributed by atoms with Gasteiger partial charge in [0.25, 0.3) is 0 Å². The van der Waals surface area contributed by atoms with E-state index in [-0.39, 0.29) is 49.0 Å². The lowest BCUT2D eigenvalue weighted by Gasteiger charge is -2.11. The van der Waals surface area contributed by atoms with Gasteiger partial charge in [0.05, 0.1) is 4.90 Å². The van der Waals surface area contributed by atoms with Crippen LogP contribution in [0.5, 0.6) is 11.5 Å². The Morgan fingerprint density at radius 3 is 2.46 bits per heavy atom. The Labute approximate surface area is 154 Å². The fraction of sp³-hybridized carbons (Fsp3) is 0.438. The van der Waals surface area contributed by atoms with E-state index in [4.69, 9.17) is 15.9 Å². The SMILES string of the molecule is NC(CSc1cc(CCNC(=O)CCCC(=O)O)cc(O)c1O)C(=O)O. The number of hydrogen-bond donors (Lipinski definition) is 6. The number of carbonyl (C=O) groups excluding carboxylic acids is 1. The van der Waals surface area contributed by atoms with E-state index < -0.39 is 18.0 Å². The Balaban J connectivity index is 2.55. The van der Waals surface area contributed by atoms with Gasteiger partial charge in [-0.3, -0.25) is 14.4 Å². The van der Waals surface area contributed by atoms with Crippen molar-refractivity contribution >= 4 is 29.6 Å². The van der Waals surface area contributed by atoms with Gasteiger partial charge in [0, 0.05) is 25.1 Å². The average molecular weight is 386 g/mol. The van der Waals surface area contributed by atoms with Gasteiger partial charge < -0.3 is 31.5 Å². The minimum absolute atomic E-state index is 0.0199. The minimum Gasteiger partial charge on any atom is -0.504 e. The summed E-state index contributed by atoms with van der Waals surface area (Å²) < 4.78 is 0. The van der Waals surface area contributed by atoms with Gasteiger partial charge >= 0.3 is 11.9 Å². The van der Waals surface area contributed by atoms with Crippen LogP contribution in [0.3, 0.4) is 0 Å². The molecule has 0 aliphatic rings. The summed E-state index contributed by atoms with van der Waals surface area (Å²) in [5.74, 6) is -3.06. The number of carboxylic acid groups (broad SMARTS) is 2. The lowest BCUT2D eigenvalue weighted by Crippen LogP contribution is -2.32. The topological polar surface area (TPSA) is 170 Å². The first-order valence-electron chi connectivity index (χ1n) is 7.85. The second-order valence-electron chi connectivity index (χ2n) is 5.56. The first-order chi connectivity index (χ1) is 12.2. The number of aliphatic carboxylic acids is 2. The van der Waals surface area contributed by atoms with Crippen LogP contribution in [0.2, 0.25) is 0 Å². The van der Waals surface area contributed by atoms with Crippen molar-refractivity contribution in [3.8, 4) is 11.5 Å².